The number of rotatable bonds is 4. The van der Waals surface area contributed by atoms with Crippen molar-refractivity contribution in [2.24, 2.45) is 0 Å². The lowest BCUT2D eigenvalue weighted by Gasteiger charge is -2.07. The molecule has 0 atom stereocenters. The molecule has 126 valence electrons. The number of aromatic nitrogens is 1. The summed E-state index contributed by atoms with van der Waals surface area (Å²) in [5.74, 6) is -0.164. The van der Waals surface area contributed by atoms with Crippen LogP contribution in [-0.2, 0) is 4.79 Å². The quantitative estimate of drug-likeness (QED) is 0.483. The van der Waals surface area contributed by atoms with E-state index >= 15 is 0 Å². The van der Waals surface area contributed by atoms with Gasteiger partial charge in [0.2, 0.25) is 5.91 Å². The zero-order valence-electron chi connectivity index (χ0n) is 13.9. The molecule has 4 rings (SSSR count). The Morgan fingerprint density at radius 3 is 2.46 bits per heavy atom. The molecule has 1 heterocycles. The van der Waals surface area contributed by atoms with Gasteiger partial charge in [0.15, 0.2) is 0 Å². The van der Waals surface area contributed by atoms with Gasteiger partial charge in [-0.2, -0.15) is 0 Å². The molecule has 0 aliphatic heterocycles. The third kappa shape index (κ3) is 3.55. The smallest absolute Gasteiger partial charge is 0.248 e. The summed E-state index contributed by atoms with van der Waals surface area (Å²) in [6.07, 6.45) is 3.35. The van der Waals surface area contributed by atoms with E-state index in [0.29, 0.717) is 0 Å². The number of benzene rings is 3. The molecule has 1 N–H and O–H groups in total. The second-order valence-corrected chi connectivity index (χ2v) is 6.80. The van der Waals surface area contributed by atoms with Crippen LogP contribution in [0.15, 0.2) is 84.9 Å². The number of carbonyl (C=O) groups excluding carboxylic acids is 1. The van der Waals surface area contributed by atoms with E-state index in [9.17, 15) is 4.79 Å². The molecule has 4 heteroatoms. The lowest BCUT2D eigenvalue weighted by molar-refractivity contribution is -0.111. The second-order valence-electron chi connectivity index (χ2n) is 5.77. The first kappa shape index (κ1) is 16.2. The fraction of sp³-hybridized carbons (Fsp3) is 0. The second kappa shape index (κ2) is 7.33. The molecule has 3 nitrogen and oxygen atoms in total. The molecule has 0 bridgehead atoms. The highest BCUT2D eigenvalue weighted by molar-refractivity contribution is 7.21. The number of nitrogens with one attached hydrogen (secondary N) is 1. The average Bonchev–Trinajstić information content (AvgIpc) is 3.12. The van der Waals surface area contributed by atoms with Crippen LogP contribution in [0.4, 0.5) is 5.69 Å². The third-order valence-corrected chi connectivity index (χ3v) is 5.01. The maximum absolute atomic E-state index is 12.3. The Morgan fingerprint density at radius 1 is 0.885 bits per heavy atom. The van der Waals surface area contributed by atoms with E-state index in [4.69, 9.17) is 4.98 Å². The standard InChI is InChI=1S/C22H16N2OS/c25-21(15-14-16-8-2-1-3-9-16)23-18-11-5-4-10-17(18)22-24-19-12-6-7-13-20(19)26-22/h1-15H,(H,23,25). The molecule has 1 aromatic heterocycles. The molecule has 0 saturated carbocycles. The highest BCUT2D eigenvalue weighted by Gasteiger charge is 2.11. The van der Waals surface area contributed by atoms with Crippen molar-refractivity contribution in [3.8, 4) is 10.6 Å². The summed E-state index contributed by atoms with van der Waals surface area (Å²) in [7, 11) is 0. The minimum atomic E-state index is -0.164. The molecule has 0 radical (unpaired) electrons. The lowest BCUT2D eigenvalue weighted by Crippen LogP contribution is -2.08. The van der Waals surface area contributed by atoms with Gasteiger partial charge in [-0.3, -0.25) is 4.79 Å². The van der Waals surface area contributed by atoms with E-state index in [1.165, 1.54) is 0 Å². The van der Waals surface area contributed by atoms with E-state index in [0.717, 1.165) is 32.0 Å². The highest BCUT2D eigenvalue weighted by Crippen LogP contribution is 2.34. The van der Waals surface area contributed by atoms with Crippen molar-refractivity contribution in [2.75, 3.05) is 5.32 Å². The largest absolute Gasteiger partial charge is 0.322 e. The van der Waals surface area contributed by atoms with Crippen LogP contribution in [0.2, 0.25) is 0 Å². The van der Waals surface area contributed by atoms with Gasteiger partial charge in [-0.15, -0.1) is 11.3 Å². The van der Waals surface area contributed by atoms with Crippen LogP contribution in [0.1, 0.15) is 5.56 Å². The van der Waals surface area contributed by atoms with Crippen LogP contribution in [0, 0.1) is 0 Å². The van der Waals surface area contributed by atoms with Crippen LogP contribution < -0.4 is 5.32 Å². The van der Waals surface area contributed by atoms with Crippen LogP contribution in [0.25, 0.3) is 26.9 Å². The molecule has 0 saturated heterocycles. The molecule has 0 unspecified atom stereocenters. The van der Waals surface area contributed by atoms with Gasteiger partial charge in [-0.05, 0) is 35.9 Å². The zero-order chi connectivity index (χ0) is 17.8. The fourth-order valence-electron chi connectivity index (χ4n) is 2.68. The number of para-hydroxylation sites is 2. The zero-order valence-corrected chi connectivity index (χ0v) is 14.7. The van der Waals surface area contributed by atoms with Crippen LogP contribution in [0.3, 0.4) is 0 Å². The normalized spacial score (nSPS) is 11.1. The van der Waals surface area contributed by atoms with E-state index < -0.39 is 0 Å². The van der Waals surface area contributed by atoms with Crippen molar-refractivity contribution in [2.45, 2.75) is 0 Å². The third-order valence-electron chi connectivity index (χ3n) is 3.94. The first-order valence-corrected chi connectivity index (χ1v) is 9.10. The van der Waals surface area contributed by atoms with Crippen LogP contribution in [0.5, 0.6) is 0 Å². The summed E-state index contributed by atoms with van der Waals surface area (Å²) in [6, 6.07) is 25.5. The summed E-state index contributed by atoms with van der Waals surface area (Å²) in [4.78, 5) is 17.0. The van der Waals surface area contributed by atoms with E-state index in [2.05, 4.69) is 11.4 Å². The summed E-state index contributed by atoms with van der Waals surface area (Å²) in [5.41, 5.74) is 3.64. The molecular weight excluding hydrogens is 340 g/mol. The Balaban J connectivity index is 1.59. The molecule has 0 spiro atoms. The van der Waals surface area contributed by atoms with Gasteiger partial charge < -0.3 is 5.32 Å². The van der Waals surface area contributed by atoms with Crippen molar-refractivity contribution in [3.63, 3.8) is 0 Å². The Bertz CT molecular complexity index is 1050. The van der Waals surface area contributed by atoms with Gasteiger partial charge in [0.1, 0.15) is 5.01 Å². The number of thiazole rings is 1. The molecule has 4 aromatic rings. The Labute approximate surface area is 155 Å². The minimum Gasteiger partial charge on any atom is -0.322 e. The predicted octanol–water partition coefficient (Wildman–Crippen LogP) is 5.62. The maximum atomic E-state index is 12.3. The van der Waals surface area contributed by atoms with Gasteiger partial charge in [0.05, 0.1) is 15.9 Å². The Morgan fingerprint density at radius 2 is 1.62 bits per heavy atom. The molecule has 1 amide bonds. The van der Waals surface area contributed by atoms with E-state index in [1.807, 2.05) is 72.8 Å². The number of hydrogen-bond donors (Lipinski definition) is 1. The van der Waals surface area contributed by atoms with Gasteiger partial charge in [0.25, 0.3) is 0 Å². The van der Waals surface area contributed by atoms with E-state index in [-0.39, 0.29) is 5.91 Å². The van der Waals surface area contributed by atoms with Gasteiger partial charge in [0, 0.05) is 11.6 Å². The molecule has 3 aromatic carbocycles. The fourth-order valence-corrected chi connectivity index (χ4v) is 3.68. The maximum Gasteiger partial charge on any atom is 0.248 e. The van der Waals surface area contributed by atoms with Gasteiger partial charge in [-0.1, -0.05) is 54.6 Å². The van der Waals surface area contributed by atoms with Crippen molar-refractivity contribution < 1.29 is 4.79 Å². The van der Waals surface area contributed by atoms with E-state index in [1.54, 1.807) is 23.5 Å². The number of fused-ring (bicyclic) bond motifs is 1. The SMILES string of the molecule is O=C(C=Cc1ccccc1)Nc1ccccc1-c1nc2ccccc2s1. The predicted molar refractivity (Wildman–Crippen MR) is 109 cm³/mol. The van der Waals surface area contributed by atoms with Gasteiger partial charge >= 0.3 is 0 Å². The van der Waals surface area contributed by atoms with Crippen molar-refractivity contribution in [1.82, 2.24) is 4.98 Å². The monoisotopic (exact) mass is 356 g/mol. The summed E-state index contributed by atoms with van der Waals surface area (Å²) >= 11 is 1.62. The summed E-state index contributed by atoms with van der Waals surface area (Å²) in [5, 5.41) is 3.86. The highest BCUT2D eigenvalue weighted by atomic mass is 32.1. The first-order chi connectivity index (χ1) is 12.8. The topological polar surface area (TPSA) is 42.0 Å². The minimum absolute atomic E-state index is 0.164. The van der Waals surface area contributed by atoms with Gasteiger partial charge in [-0.25, -0.2) is 4.98 Å². The first-order valence-electron chi connectivity index (χ1n) is 8.29. The van der Waals surface area contributed by atoms with Crippen LogP contribution in [-0.4, -0.2) is 10.9 Å². The molecular formula is C22H16N2OS. The number of amides is 1. The number of carbonyl (C=O) groups is 1. The molecule has 0 aliphatic carbocycles. The van der Waals surface area contributed by atoms with Crippen molar-refractivity contribution in [3.05, 3.63) is 90.5 Å². The lowest BCUT2D eigenvalue weighted by atomic mass is 10.1. The number of nitrogens with zero attached hydrogens (tertiary/aromatic N) is 1. The Kier molecular flexibility index (Phi) is 4.58. The molecule has 0 aliphatic rings. The summed E-state index contributed by atoms with van der Waals surface area (Å²) < 4.78 is 1.13. The van der Waals surface area contributed by atoms with Crippen molar-refractivity contribution >= 4 is 39.2 Å². The molecule has 26 heavy (non-hydrogen) atoms. The van der Waals surface area contributed by atoms with Crippen LogP contribution >= 0.6 is 11.3 Å². The summed E-state index contributed by atoms with van der Waals surface area (Å²) in [6.45, 7) is 0. The average molecular weight is 356 g/mol. The number of hydrogen-bond acceptors (Lipinski definition) is 3. The van der Waals surface area contributed by atoms with Crippen molar-refractivity contribution in [1.29, 1.82) is 0 Å². The Hall–Kier alpha value is -3.24. The molecule has 0 fully saturated rings. The number of anilines is 1.